The van der Waals surface area contributed by atoms with Gasteiger partial charge in [0.15, 0.2) is 12.6 Å². The SMILES string of the molecule is CC1(C)COB(c2ccc(F)cc2COC2CCCCO2)OC1.Fc1ccc(B2OCCCCO2)c(COC2CCCCO2)c1. The first-order valence-electron chi connectivity index (χ1n) is 16.4. The van der Waals surface area contributed by atoms with Gasteiger partial charge in [-0.1, -0.05) is 26.0 Å². The summed E-state index contributed by atoms with van der Waals surface area (Å²) in [6, 6.07) is 9.31. The zero-order valence-corrected chi connectivity index (χ0v) is 26.6. The molecule has 0 aromatic heterocycles. The van der Waals surface area contributed by atoms with Crippen LogP contribution in [-0.4, -0.2) is 66.5 Å². The molecule has 12 heteroatoms. The van der Waals surface area contributed by atoms with Gasteiger partial charge in [0.2, 0.25) is 0 Å². The van der Waals surface area contributed by atoms with Gasteiger partial charge in [-0.15, -0.1) is 0 Å². The van der Waals surface area contributed by atoms with E-state index in [0.29, 0.717) is 39.6 Å². The van der Waals surface area contributed by atoms with E-state index in [9.17, 15) is 8.78 Å². The molecule has 0 radical (unpaired) electrons. The van der Waals surface area contributed by atoms with Gasteiger partial charge in [0, 0.05) is 45.1 Å². The molecule has 8 nitrogen and oxygen atoms in total. The standard InChI is InChI=1S/C17H24BFO4.C16H22BFO4/c1-17(2)11-22-18(23-12-17)15-7-6-14(19)9-13(15)10-21-16-5-3-4-8-20-16;18-14-6-7-15(17-21-9-3-4-10-22-17)13(11-14)12-20-16-5-1-2-8-19-16/h6-7,9,16H,3-5,8,10-12H2,1-2H3;6-7,11,16H,1-5,8-10,12H2. The fourth-order valence-electron chi connectivity index (χ4n) is 5.59. The molecule has 4 aliphatic rings. The van der Waals surface area contributed by atoms with Gasteiger partial charge in [0.05, 0.1) is 13.2 Å². The first-order chi connectivity index (χ1) is 21.9. The Morgan fingerprint density at radius 1 is 0.644 bits per heavy atom. The van der Waals surface area contributed by atoms with Crippen LogP contribution in [0.3, 0.4) is 0 Å². The monoisotopic (exact) mass is 630 g/mol. The highest BCUT2D eigenvalue weighted by Crippen LogP contribution is 2.23. The van der Waals surface area contributed by atoms with Crippen molar-refractivity contribution in [2.24, 2.45) is 5.41 Å². The van der Waals surface area contributed by atoms with Crippen LogP contribution in [0.4, 0.5) is 8.78 Å². The molecular weight excluding hydrogens is 584 g/mol. The zero-order chi connectivity index (χ0) is 31.5. The van der Waals surface area contributed by atoms with Crippen molar-refractivity contribution in [1.82, 2.24) is 0 Å². The topological polar surface area (TPSA) is 73.8 Å². The van der Waals surface area contributed by atoms with E-state index in [1.807, 2.05) is 0 Å². The molecule has 0 spiro atoms. The number of hydrogen-bond acceptors (Lipinski definition) is 8. The third-order valence-corrected chi connectivity index (χ3v) is 8.17. The Balaban J connectivity index is 0.000000178. The van der Waals surface area contributed by atoms with Gasteiger partial charge >= 0.3 is 14.2 Å². The number of benzene rings is 2. The van der Waals surface area contributed by atoms with E-state index in [1.54, 1.807) is 12.1 Å². The molecule has 246 valence electrons. The van der Waals surface area contributed by atoms with Crippen LogP contribution < -0.4 is 10.9 Å². The zero-order valence-electron chi connectivity index (χ0n) is 26.6. The van der Waals surface area contributed by atoms with Crippen molar-refractivity contribution >= 4 is 25.2 Å². The Morgan fingerprint density at radius 3 is 1.53 bits per heavy atom. The van der Waals surface area contributed by atoms with Gasteiger partial charge in [-0.2, -0.15) is 0 Å². The number of hydrogen-bond donors (Lipinski definition) is 0. The van der Waals surface area contributed by atoms with E-state index < -0.39 is 14.2 Å². The van der Waals surface area contributed by atoms with Gasteiger partial charge in [-0.25, -0.2) is 8.78 Å². The van der Waals surface area contributed by atoms with E-state index in [2.05, 4.69) is 13.8 Å². The average Bonchev–Trinajstić information content (AvgIpc) is 3.34. The second kappa shape index (κ2) is 17.3. The Morgan fingerprint density at radius 2 is 1.09 bits per heavy atom. The largest absolute Gasteiger partial charge is 0.494 e. The highest BCUT2D eigenvalue weighted by Gasteiger charge is 2.35. The molecule has 0 amide bonds. The lowest BCUT2D eigenvalue weighted by Crippen LogP contribution is -2.48. The van der Waals surface area contributed by atoms with Crippen LogP contribution in [0.1, 0.15) is 76.3 Å². The maximum absolute atomic E-state index is 13.6. The predicted octanol–water partition coefficient (Wildman–Crippen LogP) is 5.03. The number of ether oxygens (including phenoxy) is 4. The maximum atomic E-state index is 13.6. The van der Waals surface area contributed by atoms with E-state index in [0.717, 1.165) is 86.6 Å². The Labute approximate surface area is 266 Å². The molecule has 2 unspecified atom stereocenters. The minimum atomic E-state index is -0.463. The molecular formula is C33H46B2F2O8. The summed E-state index contributed by atoms with van der Waals surface area (Å²) in [6.07, 6.45) is 7.71. The van der Waals surface area contributed by atoms with Crippen LogP contribution >= 0.6 is 0 Å². The summed E-state index contributed by atoms with van der Waals surface area (Å²) in [5, 5.41) is 0. The van der Waals surface area contributed by atoms with Crippen molar-refractivity contribution in [3.8, 4) is 0 Å². The van der Waals surface area contributed by atoms with E-state index in [4.69, 9.17) is 37.6 Å². The summed E-state index contributed by atoms with van der Waals surface area (Å²) < 4.78 is 73.0. The summed E-state index contributed by atoms with van der Waals surface area (Å²) in [5.41, 5.74) is 3.20. The van der Waals surface area contributed by atoms with Crippen molar-refractivity contribution < 1.29 is 46.3 Å². The first-order valence-corrected chi connectivity index (χ1v) is 16.4. The molecule has 0 saturated carbocycles. The fraction of sp³-hybridized carbons (Fsp3) is 0.636. The molecule has 0 N–H and O–H groups in total. The quantitative estimate of drug-likeness (QED) is 0.377. The average molecular weight is 630 g/mol. The first kappa shape index (κ1) is 34.4. The second-order valence-electron chi connectivity index (χ2n) is 12.8. The minimum Gasteiger partial charge on any atom is -0.407 e. The molecule has 4 heterocycles. The molecule has 4 saturated heterocycles. The highest BCUT2D eigenvalue weighted by molar-refractivity contribution is 6.62. The smallest absolute Gasteiger partial charge is 0.407 e. The van der Waals surface area contributed by atoms with E-state index in [-0.39, 0.29) is 29.6 Å². The van der Waals surface area contributed by atoms with Crippen LogP contribution in [0.5, 0.6) is 0 Å². The normalized spacial score (nSPS) is 24.0. The van der Waals surface area contributed by atoms with Crippen molar-refractivity contribution in [1.29, 1.82) is 0 Å². The molecule has 0 aliphatic carbocycles. The van der Waals surface area contributed by atoms with Gasteiger partial charge in [-0.05, 0) is 97.7 Å². The third kappa shape index (κ3) is 10.8. The van der Waals surface area contributed by atoms with Gasteiger partial charge < -0.3 is 37.6 Å². The number of halogens is 2. The van der Waals surface area contributed by atoms with Gasteiger partial charge in [0.1, 0.15) is 11.6 Å². The van der Waals surface area contributed by atoms with E-state index in [1.165, 1.54) is 24.3 Å². The minimum absolute atomic E-state index is 0.00311. The van der Waals surface area contributed by atoms with Crippen molar-refractivity contribution in [3.63, 3.8) is 0 Å². The van der Waals surface area contributed by atoms with Gasteiger partial charge in [-0.3, -0.25) is 0 Å². The summed E-state index contributed by atoms with van der Waals surface area (Å²) >= 11 is 0. The predicted molar refractivity (Wildman–Crippen MR) is 167 cm³/mol. The van der Waals surface area contributed by atoms with Crippen LogP contribution in [0.15, 0.2) is 36.4 Å². The van der Waals surface area contributed by atoms with Crippen molar-refractivity contribution in [2.45, 2.75) is 91.0 Å². The number of rotatable bonds is 8. The van der Waals surface area contributed by atoms with E-state index >= 15 is 0 Å². The van der Waals surface area contributed by atoms with Crippen LogP contribution in [0.2, 0.25) is 0 Å². The van der Waals surface area contributed by atoms with Crippen molar-refractivity contribution in [3.05, 3.63) is 59.2 Å². The Bertz CT molecular complexity index is 1180. The molecule has 6 rings (SSSR count). The summed E-state index contributed by atoms with van der Waals surface area (Å²) in [7, 11) is -0.900. The van der Waals surface area contributed by atoms with Crippen molar-refractivity contribution in [2.75, 3.05) is 39.6 Å². The lowest BCUT2D eigenvalue weighted by Gasteiger charge is -2.33. The maximum Gasteiger partial charge on any atom is 0.494 e. The fourth-order valence-corrected chi connectivity index (χ4v) is 5.59. The Kier molecular flexibility index (Phi) is 13.3. The molecule has 2 atom stereocenters. The highest BCUT2D eigenvalue weighted by atomic mass is 19.1. The molecule has 4 aliphatic heterocycles. The van der Waals surface area contributed by atoms with Gasteiger partial charge in [0.25, 0.3) is 0 Å². The molecule has 2 aromatic carbocycles. The molecule has 45 heavy (non-hydrogen) atoms. The molecule has 4 fully saturated rings. The lowest BCUT2D eigenvalue weighted by molar-refractivity contribution is -0.169. The summed E-state index contributed by atoms with van der Waals surface area (Å²) in [5.74, 6) is -0.561. The molecule has 0 bridgehead atoms. The van der Waals surface area contributed by atoms with Crippen LogP contribution in [0.25, 0.3) is 0 Å². The molecule has 2 aromatic rings. The second-order valence-corrected chi connectivity index (χ2v) is 12.8. The van der Waals surface area contributed by atoms with Crippen LogP contribution in [-0.2, 0) is 50.8 Å². The van der Waals surface area contributed by atoms with Crippen LogP contribution in [0, 0.1) is 17.0 Å². The summed E-state index contributed by atoms with van der Waals surface area (Å²) in [4.78, 5) is 0. The Hall–Kier alpha value is -1.89. The third-order valence-electron chi connectivity index (χ3n) is 8.17. The lowest BCUT2D eigenvalue weighted by atomic mass is 9.73. The summed E-state index contributed by atoms with van der Waals surface area (Å²) in [6.45, 7) is 8.80.